The highest BCUT2D eigenvalue weighted by molar-refractivity contribution is 6.29. The van der Waals surface area contributed by atoms with Crippen LogP contribution in [0.25, 0.3) is 0 Å². The van der Waals surface area contributed by atoms with Crippen molar-refractivity contribution in [3.63, 3.8) is 0 Å². The van der Waals surface area contributed by atoms with Gasteiger partial charge in [-0.3, -0.25) is 14.4 Å². The summed E-state index contributed by atoms with van der Waals surface area (Å²) in [5.74, 6) is -3.36. The van der Waals surface area contributed by atoms with Gasteiger partial charge in [0, 0.05) is 16.6 Å². The van der Waals surface area contributed by atoms with Gasteiger partial charge < -0.3 is 9.47 Å². The van der Waals surface area contributed by atoms with E-state index in [1.54, 1.807) is 37.3 Å². The van der Waals surface area contributed by atoms with Crippen molar-refractivity contribution in [2.24, 2.45) is 11.3 Å². The van der Waals surface area contributed by atoms with Gasteiger partial charge in [0.05, 0.1) is 24.4 Å². The molecule has 0 radical (unpaired) electrons. The van der Waals surface area contributed by atoms with Crippen LogP contribution in [0.3, 0.4) is 0 Å². The molecular formula is C24H22O6. The molecule has 1 aromatic carbocycles. The van der Waals surface area contributed by atoms with Gasteiger partial charge in [-0.1, -0.05) is 44.2 Å². The van der Waals surface area contributed by atoms with Crippen molar-refractivity contribution in [1.82, 2.24) is 0 Å². The fourth-order valence-electron chi connectivity index (χ4n) is 4.45. The molecule has 0 amide bonds. The lowest BCUT2D eigenvalue weighted by atomic mass is 9.69. The molecule has 0 spiro atoms. The van der Waals surface area contributed by atoms with Crippen molar-refractivity contribution in [2.75, 3.05) is 6.61 Å². The van der Waals surface area contributed by atoms with Gasteiger partial charge in [0.1, 0.15) is 5.57 Å². The monoisotopic (exact) mass is 406 g/mol. The van der Waals surface area contributed by atoms with Crippen molar-refractivity contribution in [3.8, 4) is 0 Å². The number of esters is 1. The fraction of sp³-hybridized carbons (Fsp3) is 0.333. The second-order valence-corrected chi connectivity index (χ2v) is 8.48. The van der Waals surface area contributed by atoms with Crippen molar-refractivity contribution < 1.29 is 28.7 Å². The lowest BCUT2D eigenvalue weighted by Crippen LogP contribution is -2.38. The highest BCUT2D eigenvalue weighted by atomic mass is 16.6. The molecule has 3 aliphatic rings. The van der Waals surface area contributed by atoms with Gasteiger partial charge in [-0.05, 0) is 25.0 Å². The summed E-state index contributed by atoms with van der Waals surface area (Å²) in [7, 11) is 0. The third kappa shape index (κ3) is 2.86. The number of Topliss-reactive ketones (excluding diaryl/α,β-unsaturated/α-hetero) is 3. The van der Waals surface area contributed by atoms with Crippen LogP contribution in [-0.4, -0.2) is 36.0 Å². The summed E-state index contributed by atoms with van der Waals surface area (Å²) < 4.78 is 10.8. The van der Waals surface area contributed by atoms with Gasteiger partial charge in [0.2, 0.25) is 5.78 Å². The van der Waals surface area contributed by atoms with Gasteiger partial charge in [0.15, 0.2) is 17.7 Å². The van der Waals surface area contributed by atoms with E-state index in [0.717, 1.165) is 5.57 Å². The van der Waals surface area contributed by atoms with E-state index < -0.39 is 35.0 Å². The Morgan fingerprint density at radius 1 is 1.10 bits per heavy atom. The molecule has 2 heterocycles. The molecule has 30 heavy (non-hydrogen) atoms. The Bertz CT molecular complexity index is 1080. The molecule has 1 aliphatic carbocycles. The molecule has 0 aromatic heterocycles. The first-order valence-corrected chi connectivity index (χ1v) is 9.82. The summed E-state index contributed by atoms with van der Waals surface area (Å²) in [6.45, 7) is 7.50. The minimum absolute atomic E-state index is 0.198. The molecule has 0 bridgehead atoms. The van der Waals surface area contributed by atoms with Crippen LogP contribution in [0, 0.1) is 11.3 Å². The molecule has 6 heteroatoms. The molecule has 0 fully saturated rings. The van der Waals surface area contributed by atoms with Gasteiger partial charge in [-0.2, -0.15) is 0 Å². The number of carbonyl (C=O) groups excluding carboxylic acids is 4. The van der Waals surface area contributed by atoms with Crippen LogP contribution in [0.2, 0.25) is 0 Å². The summed E-state index contributed by atoms with van der Waals surface area (Å²) >= 11 is 0. The number of ether oxygens (including phenoxy) is 2. The smallest absolute Gasteiger partial charge is 0.343 e. The number of fused-ring (bicyclic) bond motifs is 2. The second-order valence-electron chi connectivity index (χ2n) is 8.48. The largest absolute Gasteiger partial charge is 0.500 e. The maximum absolute atomic E-state index is 13.2. The number of hydrogen-bond acceptors (Lipinski definition) is 6. The van der Waals surface area contributed by atoms with E-state index in [1.165, 1.54) is 13.2 Å². The van der Waals surface area contributed by atoms with Gasteiger partial charge in [0.25, 0.3) is 0 Å². The maximum Gasteiger partial charge on any atom is 0.343 e. The molecule has 1 aromatic rings. The fourth-order valence-corrected chi connectivity index (χ4v) is 4.45. The predicted molar refractivity (Wildman–Crippen MR) is 107 cm³/mol. The zero-order chi connectivity index (χ0) is 21.8. The van der Waals surface area contributed by atoms with Crippen LogP contribution in [0.4, 0.5) is 0 Å². The van der Waals surface area contributed by atoms with Crippen LogP contribution in [0.1, 0.15) is 38.1 Å². The number of rotatable bonds is 4. The zero-order valence-electron chi connectivity index (χ0n) is 17.3. The Balaban J connectivity index is 1.83. The van der Waals surface area contributed by atoms with Crippen LogP contribution < -0.4 is 0 Å². The zero-order valence-corrected chi connectivity index (χ0v) is 17.3. The molecule has 6 nitrogen and oxygen atoms in total. The van der Waals surface area contributed by atoms with E-state index in [2.05, 4.69) is 0 Å². The molecule has 0 N–H and O–H groups in total. The summed E-state index contributed by atoms with van der Waals surface area (Å²) in [4.78, 5) is 51.7. The number of carbonyl (C=O) groups is 4. The van der Waals surface area contributed by atoms with E-state index >= 15 is 0 Å². The van der Waals surface area contributed by atoms with E-state index in [4.69, 9.17) is 9.47 Å². The van der Waals surface area contributed by atoms with Crippen molar-refractivity contribution in [3.05, 3.63) is 70.0 Å². The Labute approximate surface area is 174 Å². The SMILES string of the molecule is CC1=C2C(=COCC2(C)C)C(=O)C2OC(=O)C(C(=O)C(C)C(=O)c3ccccc3)=C12. The Morgan fingerprint density at radius 3 is 2.43 bits per heavy atom. The molecule has 2 aliphatic heterocycles. The predicted octanol–water partition coefficient (Wildman–Crippen LogP) is 3.14. The first-order valence-electron chi connectivity index (χ1n) is 9.82. The summed E-state index contributed by atoms with van der Waals surface area (Å²) in [6.07, 6.45) is 0.223. The van der Waals surface area contributed by atoms with Crippen molar-refractivity contribution in [2.45, 2.75) is 33.8 Å². The maximum atomic E-state index is 13.2. The van der Waals surface area contributed by atoms with Crippen LogP contribution in [0.5, 0.6) is 0 Å². The van der Waals surface area contributed by atoms with Crippen LogP contribution in [-0.2, 0) is 23.9 Å². The topological polar surface area (TPSA) is 86.7 Å². The number of hydrogen-bond donors (Lipinski definition) is 0. The number of ketones is 3. The molecule has 0 saturated carbocycles. The van der Waals surface area contributed by atoms with Gasteiger partial charge in [-0.15, -0.1) is 0 Å². The minimum Gasteiger partial charge on any atom is -0.500 e. The number of benzene rings is 1. The third-order valence-electron chi connectivity index (χ3n) is 5.93. The summed E-state index contributed by atoms with van der Waals surface area (Å²) in [5.41, 5.74) is 1.77. The highest BCUT2D eigenvalue weighted by Crippen LogP contribution is 2.47. The third-order valence-corrected chi connectivity index (χ3v) is 5.93. The Morgan fingerprint density at radius 2 is 1.77 bits per heavy atom. The molecule has 4 rings (SSSR count). The summed E-state index contributed by atoms with van der Waals surface area (Å²) in [6, 6.07) is 8.44. The average molecular weight is 406 g/mol. The minimum atomic E-state index is -1.18. The first-order chi connectivity index (χ1) is 14.1. The lowest BCUT2D eigenvalue weighted by Gasteiger charge is -2.38. The van der Waals surface area contributed by atoms with Gasteiger partial charge >= 0.3 is 5.97 Å². The second kappa shape index (κ2) is 6.90. The van der Waals surface area contributed by atoms with Gasteiger partial charge in [-0.25, -0.2) is 4.79 Å². The normalized spacial score (nSPS) is 23.2. The molecule has 2 atom stereocenters. The van der Waals surface area contributed by atoms with Crippen LogP contribution in [0.15, 0.2) is 64.5 Å². The molecular weight excluding hydrogens is 384 g/mol. The van der Waals surface area contributed by atoms with Crippen molar-refractivity contribution in [1.29, 1.82) is 0 Å². The highest BCUT2D eigenvalue weighted by Gasteiger charge is 2.51. The summed E-state index contributed by atoms with van der Waals surface area (Å²) in [5, 5.41) is 0. The molecule has 0 saturated heterocycles. The molecule has 2 unspecified atom stereocenters. The Hall–Kier alpha value is -3.28. The first kappa shape index (κ1) is 20.0. The van der Waals surface area contributed by atoms with Crippen LogP contribution >= 0.6 is 0 Å². The van der Waals surface area contributed by atoms with E-state index in [-0.39, 0.29) is 16.9 Å². The molecule has 154 valence electrons. The van der Waals surface area contributed by atoms with E-state index in [1.807, 2.05) is 13.8 Å². The van der Waals surface area contributed by atoms with E-state index in [0.29, 0.717) is 23.3 Å². The van der Waals surface area contributed by atoms with Crippen molar-refractivity contribution >= 4 is 23.3 Å². The lowest BCUT2D eigenvalue weighted by molar-refractivity contribution is -0.146. The average Bonchev–Trinajstić information content (AvgIpc) is 3.07. The standard InChI is InChI=1S/C24H22O6/c1-12-16-17(20(26)13(2)19(25)14-8-6-5-7-9-14)23(28)30-22(16)21(27)15-10-29-11-24(3,4)18(12)15/h5-10,13,22H,11H2,1-4H3. The Kier molecular flexibility index (Phi) is 4.60. The van der Waals surface area contributed by atoms with E-state index in [9.17, 15) is 19.2 Å². The quantitative estimate of drug-likeness (QED) is 0.330.